The lowest BCUT2D eigenvalue weighted by molar-refractivity contribution is 0.117. The lowest BCUT2D eigenvalue weighted by atomic mass is 10.7. The highest BCUT2D eigenvalue weighted by atomic mass is 16.5. The van der Waals surface area contributed by atoms with Crippen LogP contribution >= 0.6 is 0 Å². The molecule has 0 bridgehead atoms. The summed E-state index contributed by atoms with van der Waals surface area (Å²) in [6, 6.07) is 0. The molecule has 0 aliphatic heterocycles. The number of ether oxygens (including phenoxy) is 1. The predicted molar refractivity (Wildman–Crippen MR) is 21.6 cm³/mol. The van der Waals surface area contributed by atoms with E-state index in [2.05, 4.69) is 9.85 Å². The van der Waals surface area contributed by atoms with Crippen LogP contribution in [0, 0.1) is 5.53 Å². The van der Waals surface area contributed by atoms with Crippen molar-refractivity contribution in [3.05, 3.63) is 0 Å². The van der Waals surface area contributed by atoms with Crippen LogP contribution in [0.5, 0.6) is 0 Å². The summed E-state index contributed by atoms with van der Waals surface area (Å²) in [6.07, 6.45) is -0.273. The molecule has 0 amide bonds. The van der Waals surface area contributed by atoms with E-state index in [4.69, 9.17) is 5.53 Å². The van der Waals surface area contributed by atoms with Crippen LogP contribution in [0.4, 0.5) is 0 Å². The molecule has 3 heteroatoms. The van der Waals surface area contributed by atoms with Gasteiger partial charge in [-0.3, -0.25) is 0 Å². The first-order valence-corrected chi connectivity index (χ1v) is 1.70. The first-order chi connectivity index (χ1) is 2.81. The first kappa shape index (κ1) is 5.56. The Balaban J connectivity index is 2.96. The Kier molecular flexibility index (Phi) is 2.58. The number of hydrogen-bond acceptors (Lipinski definition) is 3. The summed E-state index contributed by atoms with van der Waals surface area (Å²) in [6.45, 7) is 1.70. The van der Waals surface area contributed by atoms with Crippen LogP contribution in [0.3, 0.4) is 0 Å². The van der Waals surface area contributed by atoms with Crippen molar-refractivity contribution in [1.82, 2.24) is 0 Å². The highest BCUT2D eigenvalue weighted by Crippen LogP contribution is 1.83. The average Bonchev–Trinajstić information content (AvgIpc) is 1.65. The van der Waals surface area contributed by atoms with Gasteiger partial charge in [0.1, 0.15) is 0 Å². The second-order valence-corrected chi connectivity index (χ2v) is 0.964. The second kappa shape index (κ2) is 2.78. The molecule has 3 nitrogen and oxygen atoms in total. The van der Waals surface area contributed by atoms with Crippen molar-refractivity contribution < 1.29 is 4.74 Å². The Morgan fingerprint density at radius 3 is 2.33 bits per heavy atom. The lowest BCUT2D eigenvalue weighted by Gasteiger charge is -1.95. The van der Waals surface area contributed by atoms with E-state index >= 15 is 0 Å². The largest absolute Gasteiger partial charge is 0.358 e. The molecule has 0 aliphatic rings. The van der Waals surface area contributed by atoms with Crippen LogP contribution in [-0.2, 0) is 4.74 Å². The molecule has 0 aromatic rings. The van der Waals surface area contributed by atoms with Gasteiger partial charge in [-0.2, -0.15) is 5.11 Å². The van der Waals surface area contributed by atoms with E-state index in [-0.39, 0.29) is 6.23 Å². The molecule has 36 valence electrons. The Bertz CT molecular complexity index is 46.1. The predicted octanol–water partition coefficient (Wildman–Crippen LogP) is 1.01. The van der Waals surface area contributed by atoms with Crippen molar-refractivity contribution >= 4 is 0 Å². The van der Waals surface area contributed by atoms with Crippen LogP contribution in [-0.4, -0.2) is 13.3 Å². The molecule has 0 spiro atoms. The summed E-state index contributed by atoms with van der Waals surface area (Å²) in [5.74, 6) is 0. The van der Waals surface area contributed by atoms with Gasteiger partial charge in [-0.1, -0.05) is 0 Å². The molecule has 0 aromatic heterocycles. The summed E-state index contributed by atoms with van der Waals surface area (Å²) in [7, 11) is 1.52. The third-order valence-electron chi connectivity index (χ3n) is 0.523. The van der Waals surface area contributed by atoms with Crippen molar-refractivity contribution in [3.8, 4) is 0 Å². The molecular formula is C3H8N2O. The minimum atomic E-state index is -0.273. The van der Waals surface area contributed by atoms with E-state index in [1.165, 1.54) is 7.11 Å². The molecule has 6 heavy (non-hydrogen) atoms. The van der Waals surface area contributed by atoms with Gasteiger partial charge in [-0.15, -0.1) is 0 Å². The smallest absolute Gasteiger partial charge is 0.165 e. The zero-order chi connectivity index (χ0) is 4.99. The van der Waals surface area contributed by atoms with E-state index in [1.54, 1.807) is 6.92 Å². The third kappa shape index (κ3) is 1.84. The minimum absolute atomic E-state index is 0.273. The highest BCUT2D eigenvalue weighted by molar-refractivity contribution is 4.29. The molecular weight excluding hydrogens is 80.0 g/mol. The summed E-state index contributed by atoms with van der Waals surface area (Å²) >= 11 is 0. The fourth-order valence-corrected chi connectivity index (χ4v) is 0.0527. The standard InChI is InChI=1S/C3H8N2O/c1-3(5-4)6-2/h3-4H,1-2H3. The van der Waals surface area contributed by atoms with Gasteiger partial charge in [0.15, 0.2) is 6.23 Å². The van der Waals surface area contributed by atoms with Crippen molar-refractivity contribution in [2.75, 3.05) is 7.11 Å². The van der Waals surface area contributed by atoms with Crippen LogP contribution in [0.2, 0.25) is 0 Å². The quantitative estimate of drug-likeness (QED) is 0.503. The maximum atomic E-state index is 6.31. The molecule has 1 unspecified atom stereocenters. The molecule has 0 saturated heterocycles. The normalized spacial score (nSPS) is 13.7. The fraction of sp³-hybridized carbons (Fsp3) is 1.00. The van der Waals surface area contributed by atoms with Crippen molar-refractivity contribution in [2.24, 2.45) is 5.11 Å². The van der Waals surface area contributed by atoms with Crippen molar-refractivity contribution in [3.63, 3.8) is 0 Å². The monoisotopic (exact) mass is 88.1 g/mol. The molecule has 1 N–H and O–H groups in total. The number of hydrogen-bond donors (Lipinski definition) is 1. The zero-order valence-electron chi connectivity index (χ0n) is 3.93. The molecule has 1 atom stereocenters. The number of methoxy groups -OCH3 is 1. The lowest BCUT2D eigenvalue weighted by Crippen LogP contribution is -1.96. The molecule has 0 aromatic carbocycles. The molecule has 0 fully saturated rings. The Morgan fingerprint density at radius 1 is 1.83 bits per heavy atom. The van der Waals surface area contributed by atoms with E-state index in [0.717, 1.165) is 0 Å². The number of nitrogens with one attached hydrogen (secondary N) is 1. The zero-order valence-corrected chi connectivity index (χ0v) is 3.93. The van der Waals surface area contributed by atoms with Gasteiger partial charge in [-0.05, 0) is 6.92 Å². The van der Waals surface area contributed by atoms with Crippen LogP contribution in [0.25, 0.3) is 0 Å². The van der Waals surface area contributed by atoms with Crippen LogP contribution < -0.4 is 0 Å². The summed E-state index contributed by atoms with van der Waals surface area (Å²) in [4.78, 5) is 0. The van der Waals surface area contributed by atoms with Gasteiger partial charge in [0.2, 0.25) is 0 Å². The molecule has 0 heterocycles. The van der Waals surface area contributed by atoms with Gasteiger partial charge in [0.05, 0.1) is 0 Å². The van der Waals surface area contributed by atoms with E-state index < -0.39 is 0 Å². The molecule has 0 aliphatic carbocycles. The summed E-state index contributed by atoms with van der Waals surface area (Å²) < 4.78 is 4.55. The van der Waals surface area contributed by atoms with Gasteiger partial charge in [0, 0.05) is 7.11 Å². The summed E-state index contributed by atoms with van der Waals surface area (Å²) in [5, 5.41) is 3.03. The van der Waals surface area contributed by atoms with Crippen LogP contribution in [0.15, 0.2) is 5.11 Å². The Hall–Kier alpha value is -0.440. The molecule has 0 radical (unpaired) electrons. The van der Waals surface area contributed by atoms with Crippen molar-refractivity contribution in [2.45, 2.75) is 13.2 Å². The van der Waals surface area contributed by atoms with E-state index in [9.17, 15) is 0 Å². The highest BCUT2D eigenvalue weighted by Gasteiger charge is 1.86. The summed E-state index contributed by atoms with van der Waals surface area (Å²) in [5.41, 5.74) is 6.31. The minimum Gasteiger partial charge on any atom is -0.358 e. The number of nitrogens with zero attached hydrogens (tertiary/aromatic N) is 1. The van der Waals surface area contributed by atoms with Crippen molar-refractivity contribution in [1.29, 1.82) is 5.53 Å². The van der Waals surface area contributed by atoms with Gasteiger partial charge in [0.25, 0.3) is 0 Å². The topological polar surface area (TPSA) is 45.4 Å². The van der Waals surface area contributed by atoms with Gasteiger partial charge < -0.3 is 4.74 Å². The fourth-order valence-electron chi connectivity index (χ4n) is 0.0527. The van der Waals surface area contributed by atoms with Gasteiger partial charge >= 0.3 is 0 Å². The average molecular weight is 88.1 g/mol. The van der Waals surface area contributed by atoms with E-state index in [0.29, 0.717) is 0 Å². The first-order valence-electron chi connectivity index (χ1n) is 1.70. The third-order valence-corrected chi connectivity index (χ3v) is 0.523. The second-order valence-electron chi connectivity index (χ2n) is 0.964. The number of rotatable bonds is 2. The maximum absolute atomic E-state index is 6.31. The van der Waals surface area contributed by atoms with Crippen LogP contribution in [0.1, 0.15) is 6.92 Å². The molecule has 0 rings (SSSR count). The SMILES string of the molecule is COC(C)N=N. The van der Waals surface area contributed by atoms with Gasteiger partial charge in [-0.25, -0.2) is 5.53 Å². The Morgan fingerprint density at radius 2 is 2.33 bits per heavy atom. The van der Waals surface area contributed by atoms with E-state index in [1.807, 2.05) is 0 Å². The molecule has 0 saturated carbocycles. The maximum Gasteiger partial charge on any atom is 0.165 e. The Labute approximate surface area is 36.8 Å².